The van der Waals surface area contributed by atoms with Crippen molar-refractivity contribution in [3.05, 3.63) is 0 Å². The third-order valence-electron chi connectivity index (χ3n) is 3.43. The molecule has 16 heavy (non-hydrogen) atoms. The lowest BCUT2D eigenvalue weighted by Gasteiger charge is -2.35. The highest BCUT2D eigenvalue weighted by Gasteiger charge is 2.50. The summed E-state index contributed by atoms with van der Waals surface area (Å²) in [4.78, 5) is 13.6. The van der Waals surface area contributed by atoms with Crippen molar-refractivity contribution in [1.82, 2.24) is 4.90 Å². The van der Waals surface area contributed by atoms with Gasteiger partial charge in [0.25, 0.3) is 0 Å². The van der Waals surface area contributed by atoms with Crippen molar-refractivity contribution < 1.29 is 14.6 Å². The first kappa shape index (κ1) is 11.7. The van der Waals surface area contributed by atoms with Gasteiger partial charge in [0.1, 0.15) is 5.60 Å². The summed E-state index contributed by atoms with van der Waals surface area (Å²) in [6.45, 7) is 6.37. The Morgan fingerprint density at radius 1 is 1.50 bits per heavy atom. The van der Waals surface area contributed by atoms with Crippen molar-refractivity contribution in [2.45, 2.75) is 45.3 Å². The molecule has 1 aliphatic carbocycles. The van der Waals surface area contributed by atoms with E-state index >= 15 is 0 Å². The van der Waals surface area contributed by atoms with Crippen LogP contribution in [0.5, 0.6) is 0 Å². The average molecular weight is 227 g/mol. The van der Waals surface area contributed by atoms with Crippen LogP contribution >= 0.6 is 0 Å². The highest BCUT2D eigenvalue weighted by atomic mass is 16.6. The second-order valence-electron chi connectivity index (χ2n) is 5.87. The van der Waals surface area contributed by atoms with E-state index in [1.807, 2.05) is 20.8 Å². The van der Waals surface area contributed by atoms with E-state index in [0.717, 1.165) is 25.3 Å². The zero-order chi connectivity index (χ0) is 11.9. The van der Waals surface area contributed by atoms with E-state index < -0.39 is 5.60 Å². The molecule has 2 rings (SSSR count). The smallest absolute Gasteiger partial charge is 0.410 e. The van der Waals surface area contributed by atoms with Gasteiger partial charge in [0.15, 0.2) is 0 Å². The van der Waals surface area contributed by atoms with Crippen LogP contribution in [0.4, 0.5) is 4.79 Å². The average Bonchev–Trinajstić information content (AvgIpc) is 2.91. The minimum atomic E-state index is -0.461. The molecule has 1 saturated heterocycles. The fraction of sp³-hybridized carbons (Fsp3) is 0.917. The molecule has 0 radical (unpaired) electrons. The lowest BCUT2D eigenvalue weighted by molar-refractivity contribution is -0.000647. The van der Waals surface area contributed by atoms with Gasteiger partial charge in [-0.2, -0.15) is 0 Å². The Kier molecular flexibility index (Phi) is 2.86. The van der Waals surface area contributed by atoms with Crippen LogP contribution in [-0.4, -0.2) is 40.9 Å². The van der Waals surface area contributed by atoms with E-state index in [1.165, 1.54) is 0 Å². The van der Waals surface area contributed by atoms with E-state index in [-0.39, 0.29) is 18.7 Å². The standard InChI is InChI=1S/C12H21NO3/c1-12(2,3)16-11(15)13-5-4-8-6-9(8)10(13)7-14/h8-10,14H,4-7H2,1-3H3. The predicted octanol–water partition coefficient (Wildman–Crippen LogP) is 1.62. The lowest BCUT2D eigenvalue weighted by atomic mass is 10.0. The largest absolute Gasteiger partial charge is 0.444 e. The maximum absolute atomic E-state index is 11.9. The number of rotatable bonds is 1. The first-order chi connectivity index (χ1) is 7.42. The molecule has 1 N–H and O–H groups in total. The van der Waals surface area contributed by atoms with Crippen LogP contribution in [-0.2, 0) is 4.74 Å². The Balaban J connectivity index is 1.99. The van der Waals surface area contributed by atoms with E-state index in [9.17, 15) is 9.90 Å². The normalized spacial score (nSPS) is 33.2. The van der Waals surface area contributed by atoms with Crippen LogP contribution in [0, 0.1) is 11.8 Å². The molecule has 0 aromatic heterocycles. The molecule has 0 aromatic carbocycles. The molecule has 4 nitrogen and oxygen atoms in total. The Labute approximate surface area is 96.6 Å². The predicted molar refractivity (Wildman–Crippen MR) is 60.0 cm³/mol. The van der Waals surface area contributed by atoms with Gasteiger partial charge < -0.3 is 14.7 Å². The quantitative estimate of drug-likeness (QED) is 0.740. The number of hydrogen-bond donors (Lipinski definition) is 1. The second-order valence-corrected chi connectivity index (χ2v) is 5.87. The number of amides is 1. The zero-order valence-electron chi connectivity index (χ0n) is 10.3. The molecule has 1 heterocycles. The number of aliphatic hydroxyl groups is 1. The van der Waals surface area contributed by atoms with Crippen LogP contribution in [0.2, 0.25) is 0 Å². The van der Waals surface area contributed by atoms with Gasteiger partial charge >= 0.3 is 6.09 Å². The molecular formula is C12H21NO3. The topological polar surface area (TPSA) is 49.8 Å². The highest BCUT2D eigenvalue weighted by Crippen LogP contribution is 2.48. The van der Waals surface area contributed by atoms with E-state index in [2.05, 4.69) is 0 Å². The number of carbonyl (C=O) groups excluding carboxylic acids is 1. The Morgan fingerprint density at radius 2 is 2.19 bits per heavy atom. The Bertz CT molecular complexity index is 284. The first-order valence-electron chi connectivity index (χ1n) is 6.03. The number of fused-ring (bicyclic) bond motifs is 1. The van der Waals surface area contributed by atoms with Crippen molar-refractivity contribution in [2.24, 2.45) is 11.8 Å². The van der Waals surface area contributed by atoms with E-state index in [1.54, 1.807) is 4.90 Å². The molecule has 4 heteroatoms. The number of piperidine rings is 1. The molecule has 3 atom stereocenters. The van der Waals surface area contributed by atoms with Gasteiger partial charge in [-0.05, 0) is 45.4 Å². The maximum Gasteiger partial charge on any atom is 0.410 e. The molecule has 0 aromatic rings. The van der Waals surface area contributed by atoms with Crippen LogP contribution in [0.1, 0.15) is 33.6 Å². The van der Waals surface area contributed by atoms with Crippen molar-refractivity contribution in [1.29, 1.82) is 0 Å². The number of ether oxygens (including phenoxy) is 1. The van der Waals surface area contributed by atoms with Gasteiger partial charge in [-0.3, -0.25) is 0 Å². The third kappa shape index (κ3) is 2.32. The number of aliphatic hydroxyl groups excluding tert-OH is 1. The van der Waals surface area contributed by atoms with Crippen LogP contribution in [0.15, 0.2) is 0 Å². The molecule has 0 spiro atoms. The molecule has 0 bridgehead atoms. The third-order valence-corrected chi connectivity index (χ3v) is 3.43. The molecule has 2 fully saturated rings. The summed E-state index contributed by atoms with van der Waals surface area (Å²) < 4.78 is 5.35. The summed E-state index contributed by atoms with van der Waals surface area (Å²) in [6.07, 6.45) is 1.93. The molecule has 1 aliphatic heterocycles. The van der Waals surface area contributed by atoms with Gasteiger partial charge in [-0.1, -0.05) is 0 Å². The van der Waals surface area contributed by atoms with Crippen molar-refractivity contribution in [2.75, 3.05) is 13.2 Å². The van der Waals surface area contributed by atoms with Crippen LogP contribution in [0.3, 0.4) is 0 Å². The van der Waals surface area contributed by atoms with Crippen molar-refractivity contribution in [3.8, 4) is 0 Å². The van der Waals surface area contributed by atoms with Gasteiger partial charge in [-0.25, -0.2) is 4.79 Å². The fourth-order valence-corrected chi connectivity index (χ4v) is 2.56. The summed E-state index contributed by atoms with van der Waals surface area (Å²) in [6, 6.07) is -0.0198. The van der Waals surface area contributed by atoms with Gasteiger partial charge in [0.05, 0.1) is 12.6 Å². The minimum absolute atomic E-state index is 0.0198. The Hall–Kier alpha value is -0.770. The molecule has 1 amide bonds. The van der Waals surface area contributed by atoms with Crippen molar-refractivity contribution >= 4 is 6.09 Å². The monoisotopic (exact) mass is 227 g/mol. The zero-order valence-corrected chi connectivity index (χ0v) is 10.3. The number of likely N-dealkylation sites (tertiary alicyclic amines) is 1. The summed E-state index contributed by atoms with van der Waals surface area (Å²) in [5, 5.41) is 9.36. The summed E-state index contributed by atoms with van der Waals surface area (Å²) in [7, 11) is 0. The van der Waals surface area contributed by atoms with Crippen LogP contribution in [0.25, 0.3) is 0 Å². The number of hydrogen-bond acceptors (Lipinski definition) is 3. The summed E-state index contributed by atoms with van der Waals surface area (Å²) in [5.41, 5.74) is -0.461. The molecule has 1 saturated carbocycles. The number of carbonyl (C=O) groups is 1. The second kappa shape index (κ2) is 3.91. The summed E-state index contributed by atoms with van der Waals surface area (Å²) in [5.74, 6) is 1.24. The van der Waals surface area contributed by atoms with Gasteiger partial charge in [0.2, 0.25) is 0 Å². The SMILES string of the molecule is CC(C)(C)OC(=O)N1CCC2CC2C1CO. The molecular weight excluding hydrogens is 206 g/mol. The Morgan fingerprint density at radius 3 is 2.75 bits per heavy atom. The maximum atomic E-state index is 11.9. The van der Waals surface area contributed by atoms with Gasteiger partial charge in [-0.15, -0.1) is 0 Å². The summed E-state index contributed by atoms with van der Waals surface area (Å²) >= 11 is 0. The molecule has 3 unspecified atom stereocenters. The minimum Gasteiger partial charge on any atom is -0.444 e. The lowest BCUT2D eigenvalue weighted by Crippen LogP contribution is -2.49. The van der Waals surface area contributed by atoms with Gasteiger partial charge in [0, 0.05) is 6.54 Å². The molecule has 2 aliphatic rings. The van der Waals surface area contributed by atoms with Crippen LogP contribution < -0.4 is 0 Å². The number of nitrogens with zero attached hydrogens (tertiary/aromatic N) is 1. The van der Waals surface area contributed by atoms with E-state index in [0.29, 0.717) is 5.92 Å². The van der Waals surface area contributed by atoms with Crippen molar-refractivity contribution in [3.63, 3.8) is 0 Å². The van der Waals surface area contributed by atoms with E-state index in [4.69, 9.17) is 4.74 Å². The first-order valence-corrected chi connectivity index (χ1v) is 6.03. The fourth-order valence-electron chi connectivity index (χ4n) is 2.56. The molecule has 92 valence electrons. The highest BCUT2D eigenvalue weighted by molar-refractivity contribution is 5.69.